The molecule has 318 valence electrons. The first kappa shape index (κ1) is 44.8. The first-order chi connectivity index (χ1) is 28.7. The third-order valence-corrected chi connectivity index (χ3v) is 10.8. The summed E-state index contributed by atoms with van der Waals surface area (Å²) in [4.78, 5) is 43.6. The van der Waals surface area contributed by atoms with E-state index in [0.29, 0.717) is 6.42 Å². The highest BCUT2D eigenvalue weighted by Crippen LogP contribution is 2.44. The molecule has 1 atom stereocenters. The molecule has 1 unspecified atom stereocenters. The molecule has 2 aromatic heterocycles. The van der Waals surface area contributed by atoms with Crippen molar-refractivity contribution in [2.75, 3.05) is 31.2 Å². The van der Waals surface area contributed by atoms with Gasteiger partial charge in [0.15, 0.2) is 29.4 Å². The summed E-state index contributed by atoms with van der Waals surface area (Å²) in [6, 6.07) is 22.1. The molecular weight excluding hydrogens is 791 g/mol. The number of hydrogen-bond acceptors (Lipinski definition) is 14. The quantitative estimate of drug-likeness (QED) is 0.0440. The van der Waals surface area contributed by atoms with Crippen LogP contribution in [0, 0.1) is 6.92 Å². The van der Waals surface area contributed by atoms with E-state index in [2.05, 4.69) is 19.9 Å². The van der Waals surface area contributed by atoms with Crippen LogP contribution in [0.4, 0.5) is 10.6 Å². The van der Waals surface area contributed by atoms with Crippen LogP contribution in [0.25, 0.3) is 11.6 Å². The number of aromatic nitrogens is 4. The average Bonchev–Trinajstić information content (AvgIpc) is 3.22. The molecule has 0 radical (unpaired) electrons. The Morgan fingerprint density at radius 3 is 2.20 bits per heavy atom. The molecule has 5 aromatic rings. The van der Waals surface area contributed by atoms with Crippen LogP contribution in [0.2, 0.25) is 0 Å². The topological polar surface area (TPSA) is 178 Å². The molecule has 0 aliphatic carbocycles. The van der Waals surface area contributed by atoms with Crippen molar-refractivity contribution >= 4 is 28.0 Å². The summed E-state index contributed by atoms with van der Waals surface area (Å²) in [6.07, 6.45) is 2.58. The number of unbranched alkanes of at least 4 members (excludes halogenated alkanes) is 2. The zero-order valence-corrected chi connectivity index (χ0v) is 35.7. The van der Waals surface area contributed by atoms with Crippen molar-refractivity contribution in [3.05, 3.63) is 108 Å². The van der Waals surface area contributed by atoms with Gasteiger partial charge in [0.2, 0.25) is 11.6 Å². The van der Waals surface area contributed by atoms with E-state index in [-0.39, 0.29) is 71.3 Å². The highest BCUT2D eigenvalue weighted by Gasteiger charge is 2.38. The molecule has 0 N–H and O–H groups in total. The van der Waals surface area contributed by atoms with Crippen LogP contribution in [0.5, 0.6) is 23.1 Å². The van der Waals surface area contributed by atoms with E-state index in [9.17, 15) is 9.59 Å². The van der Waals surface area contributed by atoms with Gasteiger partial charge >= 0.3 is 12.1 Å². The summed E-state index contributed by atoms with van der Waals surface area (Å²) in [5.74, 6) is -1.22. The fraction of sp³-hybridized carbons (Fsp3) is 0.364. The Hall–Kier alpha value is -6.29. The van der Waals surface area contributed by atoms with Crippen LogP contribution < -0.4 is 18.5 Å². The first-order valence-corrected chi connectivity index (χ1v) is 21.0. The minimum Gasteiger partial charge on any atom is -0.493 e. The van der Waals surface area contributed by atoms with Gasteiger partial charge in [0.25, 0.3) is 15.9 Å². The lowest BCUT2D eigenvalue weighted by Gasteiger charge is -2.30. The first-order valence-electron chi connectivity index (χ1n) is 19.5. The fourth-order valence-corrected chi connectivity index (χ4v) is 7.36. The van der Waals surface area contributed by atoms with Crippen molar-refractivity contribution < 1.29 is 46.4 Å². The summed E-state index contributed by atoms with van der Waals surface area (Å²) < 4.78 is 65.5. The smallest absolute Gasteiger partial charge is 0.493 e. The van der Waals surface area contributed by atoms with Crippen molar-refractivity contribution in [3.63, 3.8) is 0 Å². The molecule has 0 aliphatic heterocycles. The number of carbonyl (C=O) groups is 2. The van der Waals surface area contributed by atoms with Crippen molar-refractivity contribution in [1.29, 1.82) is 0 Å². The molecule has 0 bridgehead atoms. The Bertz CT molecular complexity index is 2320. The second kappa shape index (κ2) is 20.6. The number of carbonyl (C=O) groups excluding carboxylic acids is 2. The SMILES string of the molecule is CCCCCOC(=O)OC(C)N(c1nc(-c2ncccn2)nc(OCCOC(=O)Cc2cccc(C)c2)c1Oc1ccccc1OC)S(=O)(=O)c1ccc(C(C)(C)C)cc1. The van der Waals surface area contributed by atoms with Crippen molar-refractivity contribution in [2.24, 2.45) is 0 Å². The number of sulfonamides is 1. The molecule has 16 heteroatoms. The highest BCUT2D eigenvalue weighted by molar-refractivity contribution is 7.92. The summed E-state index contributed by atoms with van der Waals surface area (Å²) in [5.41, 5.74) is 2.39. The van der Waals surface area contributed by atoms with Gasteiger partial charge in [-0.1, -0.05) is 94.6 Å². The van der Waals surface area contributed by atoms with Gasteiger partial charge in [-0.25, -0.2) is 32.5 Å². The Morgan fingerprint density at radius 2 is 1.53 bits per heavy atom. The van der Waals surface area contributed by atoms with Gasteiger partial charge in [-0.15, -0.1) is 0 Å². The summed E-state index contributed by atoms with van der Waals surface area (Å²) in [7, 11) is -3.23. The van der Waals surface area contributed by atoms with Gasteiger partial charge in [-0.05, 0) is 67.1 Å². The van der Waals surface area contributed by atoms with Crippen LogP contribution in [0.1, 0.15) is 70.6 Å². The molecule has 0 aliphatic rings. The van der Waals surface area contributed by atoms with Gasteiger partial charge in [-0.2, -0.15) is 4.98 Å². The third kappa shape index (κ3) is 11.9. The molecule has 2 heterocycles. The van der Waals surface area contributed by atoms with E-state index in [4.69, 9.17) is 28.4 Å². The minimum atomic E-state index is -4.67. The standard InChI is InChI=1S/C44H51N5O10S/c1-8-9-12-25-57-43(51)58-31(3)49(60(52,53)34-21-19-33(20-22-34)44(4,5)6)41-38(59-36-18-11-10-17-35(36)54-7)42(48-40(47-41)39-45-23-14-24-46-39)56-27-26-55-37(50)29-32-16-13-15-30(2)28-32/h10-11,13-24,28,31H,8-9,12,25-27,29H2,1-7H3. The number of aryl methyl sites for hydroxylation is 1. The number of para-hydroxylation sites is 2. The van der Waals surface area contributed by atoms with Crippen LogP contribution >= 0.6 is 0 Å². The summed E-state index contributed by atoms with van der Waals surface area (Å²) >= 11 is 0. The number of methoxy groups -OCH3 is 1. The normalized spacial score (nSPS) is 11.9. The van der Waals surface area contributed by atoms with Gasteiger partial charge < -0.3 is 28.4 Å². The summed E-state index contributed by atoms with van der Waals surface area (Å²) in [6.45, 7) is 10.9. The van der Waals surface area contributed by atoms with E-state index < -0.39 is 34.2 Å². The maximum atomic E-state index is 15.0. The fourth-order valence-electron chi connectivity index (χ4n) is 5.87. The van der Waals surface area contributed by atoms with E-state index in [1.54, 1.807) is 42.5 Å². The molecule has 0 fully saturated rings. The zero-order valence-electron chi connectivity index (χ0n) is 34.9. The lowest BCUT2D eigenvalue weighted by molar-refractivity contribution is -0.143. The van der Waals surface area contributed by atoms with Crippen LogP contribution in [0.15, 0.2) is 96.2 Å². The van der Waals surface area contributed by atoms with Crippen LogP contribution in [-0.4, -0.2) is 73.6 Å². The van der Waals surface area contributed by atoms with Crippen LogP contribution in [0.3, 0.4) is 0 Å². The second-order valence-corrected chi connectivity index (χ2v) is 16.5. The molecule has 0 amide bonds. The largest absolute Gasteiger partial charge is 0.510 e. The number of nitrogens with zero attached hydrogens (tertiary/aromatic N) is 5. The molecule has 15 nitrogen and oxygen atoms in total. The Balaban J connectivity index is 1.65. The number of benzene rings is 3. The minimum absolute atomic E-state index is 0.00723. The molecular formula is C44H51N5O10S. The van der Waals surface area contributed by atoms with E-state index >= 15 is 8.42 Å². The number of hydrogen-bond donors (Lipinski definition) is 0. The Kier molecular flexibility index (Phi) is 15.4. The Labute approximate surface area is 351 Å². The van der Waals surface area contributed by atoms with Crippen molar-refractivity contribution in [3.8, 4) is 34.8 Å². The van der Waals surface area contributed by atoms with Gasteiger partial charge in [0.1, 0.15) is 13.2 Å². The zero-order chi connectivity index (χ0) is 43.3. The summed E-state index contributed by atoms with van der Waals surface area (Å²) in [5, 5.41) is 0. The van der Waals surface area contributed by atoms with Gasteiger partial charge in [0, 0.05) is 12.4 Å². The van der Waals surface area contributed by atoms with Gasteiger partial charge in [-0.3, -0.25) is 4.79 Å². The molecule has 0 saturated carbocycles. The molecule has 5 rings (SSSR count). The average molecular weight is 842 g/mol. The van der Waals surface area contributed by atoms with Crippen LogP contribution in [-0.2, 0) is 40.9 Å². The monoisotopic (exact) mass is 841 g/mol. The number of ether oxygens (including phenoxy) is 6. The number of esters is 1. The van der Waals surface area contributed by atoms with E-state index in [0.717, 1.165) is 33.8 Å². The Morgan fingerprint density at radius 1 is 0.817 bits per heavy atom. The van der Waals surface area contributed by atoms with E-state index in [1.807, 2.05) is 58.9 Å². The molecule has 0 spiro atoms. The molecule has 60 heavy (non-hydrogen) atoms. The van der Waals surface area contributed by atoms with Gasteiger partial charge in [0.05, 0.1) is 25.0 Å². The second-order valence-electron chi connectivity index (χ2n) is 14.7. The lowest BCUT2D eigenvalue weighted by atomic mass is 9.87. The van der Waals surface area contributed by atoms with Crippen molar-refractivity contribution in [1.82, 2.24) is 19.9 Å². The third-order valence-electron chi connectivity index (χ3n) is 8.93. The van der Waals surface area contributed by atoms with E-state index in [1.165, 1.54) is 38.6 Å². The van der Waals surface area contributed by atoms with Crippen molar-refractivity contribution in [2.45, 2.75) is 83.8 Å². The lowest BCUT2D eigenvalue weighted by Crippen LogP contribution is -2.42. The predicted octanol–water partition coefficient (Wildman–Crippen LogP) is 8.39. The maximum Gasteiger partial charge on any atom is 0.510 e. The molecule has 0 saturated heterocycles. The predicted molar refractivity (Wildman–Crippen MR) is 224 cm³/mol. The number of rotatable bonds is 19. The maximum absolute atomic E-state index is 15.0. The molecule has 3 aromatic carbocycles. The number of anilines is 1. The highest BCUT2D eigenvalue weighted by atomic mass is 32.2.